The molecule has 1 aliphatic heterocycles. The Balaban J connectivity index is 1.49. The number of furan rings is 1. The second-order valence-corrected chi connectivity index (χ2v) is 7.90. The zero-order valence-corrected chi connectivity index (χ0v) is 19.0. The number of aryl methyl sites for hydroxylation is 2. The summed E-state index contributed by atoms with van der Waals surface area (Å²) < 4.78 is 5.75. The molecule has 0 spiro atoms. The predicted octanol–water partition coefficient (Wildman–Crippen LogP) is 4.26. The molecule has 2 N–H and O–H groups in total. The first-order chi connectivity index (χ1) is 16.8. The molecule has 2 aromatic carbocycles. The number of imide groups is 1. The number of nitro benzene ring substituents is 1. The van der Waals surface area contributed by atoms with Gasteiger partial charge in [0.1, 0.15) is 23.8 Å². The lowest BCUT2D eigenvalue weighted by Crippen LogP contribution is -2.38. The Morgan fingerprint density at radius 1 is 1.17 bits per heavy atom. The normalized spacial score (nSPS) is 14.3. The van der Waals surface area contributed by atoms with Crippen LogP contribution in [0.4, 0.5) is 16.2 Å². The van der Waals surface area contributed by atoms with Crippen molar-refractivity contribution in [2.24, 2.45) is 0 Å². The van der Waals surface area contributed by atoms with Gasteiger partial charge in [-0.3, -0.25) is 19.7 Å². The maximum absolute atomic E-state index is 12.8. The van der Waals surface area contributed by atoms with Crippen LogP contribution in [-0.4, -0.2) is 34.2 Å². The van der Waals surface area contributed by atoms with E-state index in [1.54, 1.807) is 37.3 Å². The minimum Gasteiger partial charge on any atom is -0.457 e. The van der Waals surface area contributed by atoms with E-state index in [-0.39, 0.29) is 17.1 Å². The van der Waals surface area contributed by atoms with Crippen LogP contribution in [0.1, 0.15) is 23.8 Å². The minimum atomic E-state index is -0.721. The van der Waals surface area contributed by atoms with E-state index in [0.717, 1.165) is 16.0 Å². The summed E-state index contributed by atoms with van der Waals surface area (Å²) in [6.45, 7) is 3.30. The van der Waals surface area contributed by atoms with Crippen LogP contribution >= 0.6 is 0 Å². The average molecular weight is 474 g/mol. The number of nitrogens with zero attached hydrogens (tertiary/aromatic N) is 2. The number of carbonyl (C=O) groups is 3. The van der Waals surface area contributed by atoms with E-state index in [4.69, 9.17) is 4.42 Å². The van der Waals surface area contributed by atoms with Crippen LogP contribution in [0.2, 0.25) is 0 Å². The number of para-hydroxylation sites is 1. The molecule has 4 amide bonds. The number of hydrogen-bond acceptors (Lipinski definition) is 6. The SMILES string of the molecule is CCc1ccccc1NC(=O)CN1C(=O)N/C(=C/c2ccc(-c3cc([N+](=O)[O-])ccc3C)o2)C1=O. The van der Waals surface area contributed by atoms with Crippen LogP contribution in [0.25, 0.3) is 17.4 Å². The Morgan fingerprint density at radius 2 is 1.94 bits per heavy atom. The minimum absolute atomic E-state index is 0.0478. The van der Waals surface area contributed by atoms with E-state index in [9.17, 15) is 24.5 Å². The molecule has 0 saturated carbocycles. The van der Waals surface area contributed by atoms with E-state index in [1.165, 1.54) is 18.2 Å². The quantitative estimate of drug-likeness (QED) is 0.227. The number of urea groups is 1. The van der Waals surface area contributed by atoms with E-state index in [1.807, 2.05) is 19.1 Å². The Hall–Kier alpha value is -4.73. The van der Waals surface area contributed by atoms with Crippen molar-refractivity contribution >= 4 is 35.3 Å². The number of rotatable bonds is 7. The molecule has 0 radical (unpaired) electrons. The Kier molecular flexibility index (Phi) is 6.45. The van der Waals surface area contributed by atoms with Crippen LogP contribution in [0.15, 0.2) is 64.7 Å². The molecule has 3 aromatic rings. The molecule has 1 saturated heterocycles. The number of amides is 4. The van der Waals surface area contributed by atoms with Crippen molar-refractivity contribution in [2.75, 3.05) is 11.9 Å². The van der Waals surface area contributed by atoms with Crippen molar-refractivity contribution in [1.82, 2.24) is 10.2 Å². The van der Waals surface area contributed by atoms with Crippen LogP contribution < -0.4 is 10.6 Å². The molecule has 2 heterocycles. The van der Waals surface area contributed by atoms with Gasteiger partial charge in [-0.15, -0.1) is 0 Å². The molecule has 0 aliphatic carbocycles. The fourth-order valence-electron chi connectivity index (χ4n) is 3.71. The first-order valence-corrected chi connectivity index (χ1v) is 10.8. The van der Waals surface area contributed by atoms with E-state index < -0.39 is 29.3 Å². The van der Waals surface area contributed by atoms with Gasteiger partial charge in [-0.25, -0.2) is 9.69 Å². The van der Waals surface area contributed by atoms with Crippen LogP contribution in [0.5, 0.6) is 0 Å². The number of benzene rings is 2. The Bertz CT molecular complexity index is 1370. The molecule has 0 atom stereocenters. The molecule has 10 nitrogen and oxygen atoms in total. The molecule has 0 unspecified atom stereocenters. The zero-order valence-electron chi connectivity index (χ0n) is 19.0. The largest absolute Gasteiger partial charge is 0.457 e. The lowest BCUT2D eigenvalue weighted by atomic mass is 10.1. The number of hydrogen-bond donors (Lipinski definition) is 2. The van der Waals surface area contributed by atoms with Gasteiger partial charge in [0, 0.05) is 29.5 Å². The fraction of sp³-hybridized carbons (Fsp3) is 0.160. The van der Waals surface area contributed by atoms with Crippen LogP contribution in [0, 0.1) is 17.0 Å². The fourth-order valence-corrected chi connectivity index (χ4v) is 3.71. The van der Waals surface area contributed by atoms with Crippen molar-refractivity contribution < 1.29 is 23.7 Å². The molecule has 1 fully saturated rings. The molecule has 35 heavy (non-hydrogen) atoms. The van der Waals surface area contributed by atoms with Crippen molar-refractivity contribution in [1.29, 1.82) is 0 Å². The highest BCUT2D eigenvalue weighted by Gasteiger charge is 2.35. The van der Waals surface area contributed by atoms with Gasteiger partial charge < -0.3 is 15.1 Å². The molecule has 1 aliphatic rings. The topological polar surface area (TPSA) is 135 Å². The second kappa shape index (κ2) is 9.64. The van der Waals surface area contributed by atoms with Gasteiger partial charge in [-0.05, 0) is 42.7 Å². The molecule has 10 heteroatoms. The lowest BCUT2D eigenvalue weighted by Gasteiger charge is -2.13. The van der Waals surface area contributed by atoms with Crippen molar-refractivity contribution in [3.63, 3.8) is 0 Å². The first-order valence-electron chi connectivity index (χ1n) is 10.8. The second-order valence-electron chi connectivity index (χ2n) is 7.90. The van der Waals surface area contributed by atoms with E-state index in [0.29, 0.717) is 23.4 Å². The van der Waals surface area contributed by atoms with Gasteiger partial charge in [-0.2, -0.15) is 0 Å². The monoisotopic (exact) mass is 474 g/mol. The third kappa shape index (κ3) is 4.96. The third-order valence-corrected chi connectivity index (χ3v) is 5.55. The summed E-state index contributed by atoms with van der Waals surface area (Å²) >= 11 is 0. The highest BCUT2D eigenvalue weighted by atomic mass is 16.6. The van der Waals surface area contributed by atoms with Crippen molar-refractivity contribution in [2.45, 2.75) is 20.3 Å². The predicted molar refractivity (Wildman–Crippen MR) is 128 cm³/mol. The van der Waals surface area contributed by atoms with E-state index in [2.05, 4.69) is 10.6 Å². The summed E-state index contributed by atoms with van der Waals surface area (Å²) in [4.78, 5) is 49.0. The Labute approximate surface area is 200 Å². The molecule has 4 rings (SSSR count). The summed E-state index contributed by atoms with van der Waals surface area (Å²) in [5.41, 5.74) is 2.75. The van der Waals surface area contributed by atoms with Gasteiger partial charge >= 0.3 is 6.03 Å². The number of anilines is 1. The smallest absolute Gasteiger partial charge is 0.329 e. The molecular weight excluding hydrogens is 452 g/mol. The average Bonchev–Trinajstić information content (AvgIpc) is 3.39. The Morgan fingerprint density at radius 3 is 2.69 bits per heavy atom. The lowest BCUT2D eigenvalue weighted by molar-refractivity contribution is -0.384. The maximum atomic E-state index is 12.8. The third-order valence-electron chi connectivity index (χ3n) is 5.55. The molecular formula is C25H22N4O6. The summed E-state index contributed by atoms with van der Waals surface area (Å²) in [6, 6.07) is 14.2. The number of nitro groups is 1. The van der Waals surface area contributed by atoms with E-state index >= 15 is 0 Å². The summed E-state index contributed by atoms with van der Waals surface area (Å²) in [5, 5.41) is 16.3. The summed E-state index contributed by atoms with van der Waals surface area (Å²) in [6.07, 6.45) is 2.06. The number of nitrogens with one attached hydrogen (secondary N) is 2. The van der Waals surface area contributed by atoms with Crippen LogP contribution in [0.3, 0.4) is 0 Å². The van der Waals surface area contributed by atoms with Crippen molar-refractivity contribution in [3.8, 4) is 11.3 Å². The van der Waals surface area contributed by atoms with Gasteiger partial charge in [-0.1, -0.05) is 31.2 Å². The van der Waals surface area contributed by atoms with Gasteiger partial charge in [0.05, 0.1) is 4.92 Å². The molecule has 1 aromatic heterocycles. The summed E-state index contributed by atoms with van der Waals surface area (Å²) in [5.74, 6) is -0.533. The highest BCUT2D eigenvalue weighted by molar-refractivity contribution is 6.15. The zero-order chi connectivity index (χ0) is 25.1. The standard InChI is InChI=1S/C25H22N4O6/c1-3-16-6-4-5-7-20(16)26-23(30)14-28-24(31)21(27-25(28)32)13-18-10-11-22(35-18)19-12-17(29(33)34)9-8-15(19)2/h4-13H,3,14H2,1-2H3,(H,26,30)(H,27,32)/b21-13+. The first kappa shape index (κ1) is 23.4. The highest BCUT2D eigenvalue weighted by Crippen LogP contribution is 2.30. The number of carbonyl (C=O) groups excluding carboxylic acids is 3. The van der Waals surface area contributed by atoms with Gasteiger partial charge in [0.2, 0.25) is 5.91 Å². The number of non-ortho nitro benzene ring substituents is 1. The molecule has 178 valence electrons. The summed E-state index contributed by atoms with van der Waals surface area (Å²) in [7, 11) is 0. The van der Waals surface area contributed by atoms with Gasteiger partial charge in [0.25, 0.3) is 11.6 Å². The van der Waals surface area contributed by atoms with Gasteiger partial charge in [0.15, 0.2) is 0 Å². The maximum Gasteiger partial charge on any atom is 0.329 e. The molecule has 0 bridgehead atoms. The van der Waals surface area contributed by atoms with Crippen molar-refractivity contribution in [3.05, 3.63) is 87.3 Å². The van der Waals surface area contributed by atoms with Crippen LogP contribution in [-0.2, 0) is 16.0 Å².